The molecule has 0 aliphatic carbocycles. The smallest absolute Gasteiger partial charge is 0.361 e. The van der Waals surface area contributed by atoms with Crippen LogP contribution in [-0.2, 0) is 19.6 Å². The van der Waals surface area contributed by atoms with Gasteiger partial charge in [-0.05, 0) is 20.8 Å². The van der Waals surface area contributed by atoms with Crippen LogP contribution in [0.3, 0.4) is 0 Å². The number of rotatable bonds is 7. The molecule has 34 heavy (non-hydrogen) atoms. The zero-order chi connectivity index (χ0) is 25.2. The van der Waals surface area contributed by atoms with E-state index in [1.165, 1.54) is 0 Å². The molecule has 3 aromatic heterocycles. The summed E-state index contributed by atoms with van der Waals surface area (Å²) in [6.07, 6.45) is 0. The van der Waals surface area contributed by atoms with E-state index < -0.39 is 40.3 Å². The lowest BCUT2D eigenvalue weighted by molar-refractivity contribution is 0.0468. The SMILES string of the molecule is CCOC(=O)c1nnn(-c2[nH]n3c(=O)c(C(C)(C)C)nnc3c2C(=O)OCC)c1C(=O)OCC. The molecule has 14 nitrogen and oxygen atoms in total. The molecule has 14 heteroatoms. The Balaban J connectivity index is 2.38. The van der Waals surface area contributed by atoms with E-state index in [1.54, 1.807) is 41.5 Å². The molecule has 0 atom stereocenters. The Bertz CT molecular complexity index is 1310. The van der Waals surface area contributed by atoms with Crippen LogP contribution in [0.15, 0.2) is 4.79 Å². The van der Waals surface area contributed by atoms with Crippen LogP contribution in [0.2, 0.25) is 0 Å². The third kappa shape index (κ3) is 4.25. The Morgan fingerprint density at radius 3 is 2.06 bits per heavy atom. The third-order valence-electron chi connectivity index (χ3n) is 4.55. The summed E-state index contributed by atoms with van der Waals surface area (Å²) in [7, 11) is 0. The predicted molar refractivity (Wildman–Crippen MR) is 115 cm³/mol. The van der Waals surface area contributed by atoms with Gasteiger partial charge in [0.15, 0.2) is 22.7 Å². The monoisotopic (exact) mass is 475 g/mol. The fraction of sp³-hybridized carbons (Fsp3) is 0.500. The van der Waals surface area contributed by atoms with E-state index in [4.69, 9.17) is 14.2 Å². The molecular weight excluding hydrogens is 450 g/mol. The van der Waals surface area contributed by atoms with Gasteiger partial charge in [0.05, 0.1) is 19.8 Å². The molecule has 0 fully saturated rings. The molecule has 3 aromatic rings. The standard InChI is InChI=1S/C20H25N7O7/c1-7-32-17(29)10-14-23-22-13(20(4,5)6)16(28)27(14)24-15(10)26-12(19(31)34-9-3)11(21-25-26)18(30)33-8-2/h24H,7-9H2,1-6H3. The highest BCUT2D eigenvalue weighted by Crippen LogP contribution is 2.23. The fourth-order valence-electron chi connectivity index (χ4n) is 3.09. The summed E-state index contributed by atoms with van der Waals surface area (Å²) in [6.45, 7) is 10.1. The number of carbonyl (C=O) groups excluding carboxylic acids is 3. The number of aromatic amines is 1. The lowest BCUT2D eigenvalue weighted by Crippen LogP contribution is -2.30. The average molecular weight is 475 g/mol. The van der Waals surface area contributed by atoms with Crippen LogP contribution in [0.4, 0.5) is 0 Å². The number of nitrogens with one attached hydrogen (secondary N) is 1. The molecule has 0 spiro atoms. The van der Waals surface area contributed by atoms with Crippen LogP contribution in [0.5, 0.6) is 0 Å². The zero-order valence-corrected chi connectivity index (χ0v) is 19.7. The lowest BCUT2D eigenvalue weighted by Gasteiger charge is -2.15. The number of hydrogen-bond acceptors (Lipinski definition) is 11. The Hall–Kier alpha value is -4.10. The lowest BCUT2D eigenvalue weighted by atomic mass is 9.93. The number of hydrogen-bond donors (Lipinski definition) is 1. The van der Waals surface area contributed by atoms with E-state index in [1.807, 2.05) is 0 Å². The van der Waals surface area contributed by atoms with Crippen LogP contribution in [0.25, 0.3) is 11.5 Å². The minimum atomic E-state index is -0.946. The summed E-state index contributed by atoms with van der Waals surface area (Å²) in [5.74, 6) is -2.92. The molecule has 0 bridgehead atoms. The number of carbonyl (C=O) groups is 3. The highest BCUT2D eigenvalue weighted by atomic mass is 16.5. The van der Waals surface area contributed by atoms with E-state index in [0.29, 0.717) is 0 Å². The number of H-pyrrole nitrogens is 1. The summed E-state index contributed by atoms with van der Waals surface area (Å²) >= 11 is 0. The topological polar surface area (TPSA) is 173 Å². The normalized spacial score (nSPS) is 11.5. The highest BCUT2D eigenvalue weighted by molar-refractivity contribution is 6.02. The Kier molecular flexibility index (Phi) is 6.79. The van der Waals surface area contributed by atoms with Crippen molar-refractivity contribution in [2.75, 3.05) is 19.8 Å². The number of nitrogens with zero attached hydrogens (tertiary/aromatic N) is 6. The molecule has 0 aliphatic heterocycles. The molecule has 0 saturated carbocycles. The van der Waals surface area contributed by atoms with Crippen molar-refractivity contribution in [3.8, 4) is 5.82 Å². The van der Waals surface area contributed by atoms with Crippen molar-refractivity contribution < 1.29 is 28.6 Å². The second kappa shape index (κ2) is 9.41. The van der Waals surface area contributed by atoms with Crippen LogP contribution in [-0.4, -0.2) is 72.5 Å². The van der Waals surface area contributed by atoms with Gasteiger partial charge in [-0.3, -0.25) is 9.89 Å². The fourth-order valence-corrected chi connectivity index (χ4v) is 3.09. The van der Waals surface area contributed by atoms with E-state index in [9.17, 15) is 19.2 Å². The third-order valence-corrected chi connectivity index (χ3v) is 4.55. The first-order chi connectivity index (χ1) is 16.1. The minimum Gasteiger partial charge on any atom is -0.462 e. The van der Waals surface area contributed by atoms with Crippen molar-refractivity contribution in [3.05, 3.63) is 33.0 Å². The van der Waals surface area contributed by atoms with E-state index in [0.717, 1.165) is 9.20 Å². The Morgan fingerprint density at radius 2 is 1.47 bits per heavy atom. The molecule has 0 radical (unpaired) electrons. The summed E-state index contributed by atoms with van der Waals surface area (Å²) in [5, 5.41) is 18.4. The molecule has 0 unspecified atom stereocenters. The predicted octanol–water partition coefficient (Wildman–Crippen LogP) is 0.826. The van der Waals surface area contributed by atoms with E-state index in [-0.39, 0.29) is 42.5 Å². The largest absolute Gasteiger partial charge is 0.462 e. The van der Waals surface area contributed by atoms with Crippen molar-refractivity contribution in [1.29, 1.82) is 0 Å². The van der Waals surface area contributed by atoms with Gasteiger partial charge >= 0.3 is 17.9 Å². The summed E-state index contributed by atoms with van der Waals surface area (Å²) in [6, 6.07) is 0. The maximum atomic E-state index is 13.1. The first-order valence-corrected chi connectivity index (χ1v) is 10.6. The Morgan fingerprint density at radius 1 is 0.882 bits per heavy atom. The molecular formula is C20H25N7O7. The summed E-state index contributed by atoms with van der Waals surface area (Å²) in [5.41, 5.74) is -2.33. The van der Waals surface area contributed by atoms with Gasteiger partial charge in [-0.15, -0.1) is 15.3 Å². The van der Waals surface area contributed by atoms with Crippen LogP contribution >= 0.6 is 0 Å². The molecule has 0 aliphatic rings. The highest BCUT2D eigenvalue weighted by Gasteiger charge is 2.34. The average Bonchev–Trinajstić information content (AvgIpc) is 3.36. The number of ether oxygens (including phenoxy) is 3. The quantitative estimate of drug-likeness (QED) is 0.379. The number of fused-ring (bicyclic) bond motifs is 1. The van der Waals surface area contributed by atoms with Crippen molar-refractivity contribution in [2.45, 2.75) is 47.0 Å². The summed E-state index contributed by atoms with van der Waals surface area (Å²) < 4.78 is 17.0. The van der Waals surface area contributed by atoms with Crippen molar-refractivity contribution >= 4 is 23.6 Å². The first-order valence-electron chi connectivity index (χ1n) is 10.6. The minimum absolute atomic E-state index is 0.0103. The molecule has 0 aromatic carbocycles. The van der Waals surface area contributed by atoms with Gasteiger partial charge in [-0.1, -0.05) is 26.0 Å². The van der Waals surface area contributed by atoms with Crippen LogP contribution in [0, 0.1) is 0 Å². The van der Waals surface area contributed by atoms with E-state index >= 15 is 0 Å². The summed E-state index contributed by atoms with van der Waals surface area (Å²) in [4.78, 5) is 51.1. The second-order valence-electron chi connectivity index (χ2n) is 7.96. The zero-order valence-electron chi connectivity index (χ0n) is 19.7. The maximum Gasteiger partial charge on any atom is 0.361 e. The molecule has 0 amide bonds. The molecule has 3 rings (SSSR count). The van der Waals surface area contributed by atoms with Gasteiger partial charge in [-0.2, -0.15) is 9.20 Å². The van der Waals surface area contributed by atoms with Crippen LogP contribution in [0.1, 0.15) is 78.6 Å². The van der Waals surface area contributed by atoms with Gasteiger partial charge in [0.2, 0.25) is 5.69 Å². The van der Waals surface area contributed by atoms with Crippen molar-refractivity contribution in [3.63, 3.8) is 0 Å². The first kappa shape index (κ1) is 24.5. The maximum absolute atomic E-state index is 13.1. The van der Waals surface area contributed by atoms with E-state index in [2.05, 4.69) is 25.6 Å². The molecule has 3 heterocycles. The molecule has 1 N–H and O–H groups in total. The molecule has 182 valence electrons. The Labute approximate surface area is 193 Å². The number of aromatic nitrogens is 7. The number of esters is 3. The van der Waals surface area contributed by atoms with Crippen molar-refractivity contribution in [1.82, 2.24) is 34.8 Å². The van der Waals surface area contributed by atoms with Gasteiger partial charge in [0.25, 0.3) is 5.56 Å². The van der Waals surface area contributed by atoms with Crippen molar-refractivity contribution in [2.24, 2.45) is 0 Å². The van der Waals surface area contributed by atoms with Gasteiger partial charge in [0.1, 0.15) is 5.69 Å². The van der Waals surface area contributed by atoms with Crippen LogP contribution < -0.4 is 5.56 Å². The molecule has 0 saturated heterocycles. The van der Waals surface area contributed by atoms with Gasteiger partial charge < -0.3 is 14.2 Å². The van der Waals surface area contributed by atoms with Gasteiger partial charge in [-0.25, -0.2) is 14.4 Å². The van der Waals surface area contributed by atoms with Gasteiger partial charge in [0, 0.05) is 5.41 Å². The second-order valence-corrected chi connectivity index (χ2v) is 7.96.